The zero-order valence-corrected chi connectivity index (χ0v) is 9.50. The summed E-state index contributed by atoms with van der Waals surface area (Å²) in [6.45, 7) is 5.65. The molecule has 1 aromatic carbocycles. The standard InChI is InChI=1S/C13H13FO2/c1-6-7(2)15-11-5-10-12(4-9(6)11)16-8(3)13(10)14/h4-5,8,13H,1-3H3. The van der Waals surface area contributed by atoms with Crippen LogP contribution in [0.3, 0.4) is 0 Å². The molecule has 1 aliphatic heterocycles. The largest absolute Gasteiger partial charge is 0.487 e. The van der Waals surface area contributed by atoms with Crippen LogP contribution >= 0.6 is 0 Å². The maximum atomic E-state index is 13.8. The van der Waals surface area contributed by atoms with Gasteiger partial charge in [-0.05, 0) is 38.5 Å². The maximum Gasteiger partial charge on any atom is 0.165 e. The average Bonchev–Trinajstić information content (AvgIpc) is 2.67. The van der Waals surface area contributed by atoms with Crippen molar-refractivity contribution in [2.45, 2.75) is 33.0 Å². The van der Waals surface area contributed by atoms with Crippen LogP contribution in [-0.2, 0) is 0 Å². The van der Waals surface area contributed by atoms with Crippen LogP contribution in [0, 0.1) is 13.8 Å². The van der Waals surface area contributed by atoms with Crippen molar-refractivity contribution in [2.75, 3.05) is 0 Å². The minimum absolute atomic E-state index is 0.400. The quantitative estimate of drug-likeness (QED) is 0.673. The van der Waals surface area contributed by atoms with Crippen molar-refractivity contribution in [3.63, 3.8) is 0 Å². The van der Waals surface area contributed by atoms with Crippen LogP contribution in [0.1, 0.15) is 30.0 Å². The van der Waals surface area contributed by atoms with Crippen molar-refractivity contribution in [3.05, 3.63) is 29.0 Å². The van der Waals surface area contributed by atoms with Gasteiger partial charge in [-0.1, -0.05) is 0 Å². The third-order valence-electron chi connectivity index (χ3n) is 3.33. The van der Waals surface area contributed by atoms with E-state index < -0.39 is 12.3 Å². The van der Waals surface area contributed by atoms with Crippen LogP contribution in [-0.4, -0.2) is 6.10 Å². The summed E-state index contributed by atoms with van der Waals surface area (Å²) >= 11 is 0. The summed E-state index contributed by atoms with van der Waals surface area (Å²) in [5.74, 6) is 1.53. The Hall–Kier alpha value is -1.51. The van der Waals surface area contributed by atoms with Crippen LogP contribution < -0.4 is 4.74 Å². The summed E-state index contributed by atoms with van der Waals surface area (Å²) in [5, 5.41) is 1.01. The van der Waals surface area contributed by atoms with Crippen molar-refractivity contribution in [1.82, 2.24) is 0 Å². The minimum atomic E-state index is -1.05. The van der Waals surface area contributed by atoms with Gasteiger partial charge in [0.2, 0.25) is 0 Å². The molecule has 0 saturated carbocycles. The van der Waals surface area contributed by atoms with Crippen LogP contribution in [0.15, 0.2) is 16.5 Å². The molecule has 2 atom stereocenters. The van der Waals surface area contributed by atoms with Crippen LogP contribution in [0.2, 0.25) is 0 Å². The van der Waals surface area contributed by atoms with E-state index >= 15 is 0 Å². The Morgan fingerprint density at radius 2 is 2.00 bits per heavy atom. The van der Waals surface area contributed by atoms with Crippen LogP contribution in [0.4, 0.5) is 4.39 Å². The van der Waals surface area contributed by atoms with E-state index in [1.165, 1.54) is 0 Å². The number of fused-ring (bicyclic) bond motifs is 2. The Balaban J connectivity index is 2.29. The zero-order chi connectivity index (χ0) is 11.4. The second-order valence-corrected chi connectivity index (χ2v) is 4.39. The van der Waals surface area contributed by atoms with Gasteiger partial charge < -0.3 is 9.15 Å². The molecule has 0 bridgehead atoms. The molecule has 0 saturated heterocycles. The minimum Gasteiger partial charge on any atom is -0.487 e. The third kappa shape index (κ3) is 1.11. The fraction of sp³-hybridized carbons (Fsp3) is 0.385. The molecule has 3 heteroatoms. The SMILES string of the molecule is Cc1oc2cc3c(cc2c1C)OC(C)C3F. The van der Waals surface area contributed by atoms with E-state index in [1.54, 1.807) is 13.0 Å². The molecule has 2 aromatic rings. The number of rotatable bonds is 0. The van der Waals surface area contributed by atoms with Crippen LogP contribution in [0.25, 0.3) is 11.0 Å². The Bertz CT molecular complexity index is 571. The highest BCUT2D eigenvalue weighted by molar-refractivity contribution is 5.85. The first kappa shape index (κ1) is 9.70. The Morgan fingerprint density at radius 1 is 1.25 bits per heavy atom. The molecule has 0 spiro atoms. The third-order valence-corrected chi connectivity index (χ3v) is 3.33. The predicted octanol–water partition coefficient (Wildman–Crippen LogP) is 3.84. The normalized spacial score (nSPS) is 23.5. The van der Waals surface area contributed by atoms with Crippen molar-refractivity contribution in [3.8, 4) is 5.75 Å². The zero-order valence-electron chi connectivity index (χ0n) is 9.50. The van der Waals surface area contributed by atoms with Gasteiger partial charge in [0.15, 0.2) is 6.17 Å². The molecular formula is C13H13FO2. The van der Waals surface area contributed by atoms with Gasteiger partial charge in [-0.15, -0.1) is 0 Å². The molecule has 84 valence electrons. The molecule has 2 heterocycles. The van der Waals surface area contributed by atoms with E-state index in [-0.39, 0.29) is 0 Å². The predicted molar refractivity (Wildman–Crippen MR) is 59.6 cm³/mol. The molecule has 0 aliphatic carbocycles. The Kier molecular flexibility index (Phi) is 1.82. The summed E-state index contributed by atoms with van der Waals surface area (Å²) in [7, 11) is 0. The molecule has 1 aliphatic rings. The van der Waals surface area contributed by atoms with Gasteiger partial charge in [-0.2, -0.15) is 0 Å². The lowest BCUT2D eigenvalue weighted by Gasteiger charge is -2.03. The van der Waals surface area contributed by atoms with Gasteiger partial charge in [-0.3, -0.25) is 0 Å². The highest BCUT2D eigenvalue weighted by Gasteiger charge is 2.32. The fourth-order valence-corrected chi connectivity index (χ4v) is 2.21. The number of halogens is 1. The van der Waals surface area contributed by atoms with Crippen molar-refractivity contribution in [2.24, 2.45) is 0 Å². The first-order valence-corrected chi connectivity index (χ1v) is 5.42. The second-order valence-electron chi connectivity index (χ2n) is 4.39. The van der Waals surface area contributed by atoms with E-state index in [0.29, 0.717) is 11.3 Å². The molecule has 16 heavy (non-hydrogen) atoms. The summed E-state index contributed by atoms with van der Waals surface area (Å²) < 4.78 is 24.8. The van der Waals surface area contributed by atoms with Gasteiger partial charge in [0.05, 0.1) is 0 Å². The van der Waals surface area contributed by atoms with Gasteiger partial charge in [0, 0.05) is 10.9 Å². The lowest BCUT2D eigenvalue weighted by Crippen LogP contribution is -2.09. The van der Waals surface area contributed by atoms with E-state index in [4.69, 9.17) is 9.15 Å². The average molecular weight is 220 g/mol. The highest BCUT2D eigenvalue weighted by Crippen LogP contribution is 2.42. The molecule has 3 rings (SSSR count). The number of ether oxygens (including phenoxy) is 1. The topological polar surface area (TPSA) is 22.4 Å². The van der Waals surface area contributed by atoms with Gasteiger partial charge in [-0.25, -0.2) is 4.39 Å². The smallest absolute Gasteiger partial charge is 0.165 e. The van der Waals surface area contributed by atoms with Gasteiger partial charge in [0.25, 0.3) is 0 Å². The molecule has 0 amide bonds. The molecule has 2 unspecified atom stereocenters. The number of furan rings is 1. The van der Waals surface area contributed by atoms with Crippen LogP contribution in [0.5, 0.6) is 5.75 Å². The van der Waals surface area contributed by atoms with E-state index in [2.05, 4.69) is 0 Å². The van der Waals surface area contributed by atoms with Crippen molar-refractivity contribution in [1.29, 1.82) is 0 Å². The molecule has 1 aromatic heterocycles. The number of aryl methyl sites for hydroxylation is 2. The maximum absolute atomic E-state index is 13.8. The number of hydrogen-bond donors (Lipinski definition) is 0. The molecule has 0 radical (unpaired) electrons. The lowest BCUT2D eigenvalue weighted by atomic mass is 10.1. The summed E-state index contributed by atoms with van der Waals surface area (Å²) in [5.41, 5.74) is 2.44. The number of alkyl halides is 1. The monoisotopic (exact) mass is 220 g/mol. The summed E-state index contributed by atoms with van der Waals surface area (Å²) in [6.07, 6.45) is -1.45. The number of hydrogen-bond acceptors (Lipinski definition) is 2. The summed E-state index contributed by atoms with van der Waals surface area (Å²) in [4.78, 5) is 0. The van der Waals surface area contributed by atoms with Crippen molar-refractivity contribution < 1.29 is 13.5 Å². The molecule has 2 nitrogen and oxygen atoms in total. The fourth-order valence-electron chi connectivity index (χ4n) is 2.21. The van der Waals surface area contributed by atoms with Gasteiger partial charge >= 0.3 is 0 Å². The summed E-state index contributed by atoms with van der Waals surface area (Å²) in [6, 6.07) is 3.64. The molecular weight excluding hydrogens is 207 g/mol. The molecule has 0 fully saturated rings. The Morgan fingerprint density at radius 3 is 2.75 bits per heavy atom. The molecule has 0 N–H and O–H groups in total. The van der Waals surface area contributed by atoms with E-state index in [1.807, 2.05) is 19.9 Å². The first-order valence-electron chi connectivity index (χ1n) is 5.42. The lowest BCUT2D eigenvalue weighted by molar-refractivity contribution is 0.154. The number of benzene rings is 1. The second kappa shape index (κ2) is 3.00. The first-order chi connectivity index (χ1) is 7.58. The van der Waals surface area contributed by atoms with Crippen molar-refractivity contribution >= 4 is 11.0 Å². The van der Waals surface area contributed by atoms with E-state index in [9.17, 15) is 4.39 Å². The Labute approximate surface area is 93.0 Å². The van der Waals surface area contributed by atoms with Gasteiger partial charge in [0.1, 0.15) is 23.2 Å². The highest BCUT2D eigenvalue weighted by atomic mass is 19.1. The van der Waals surface area contributed by atoms with E-state index in [0.717, 1.165) is 22.3 Å².